The number of para-hydroxylation sites is 1. The number of hydrogen-bond donors (Lipinski definition) is 0. The van der Waals surface area contributed by atoms with Crippen LogP contribution < -0.4 is 10.3 Å². The summed E-state index contributed by atoms with van der Waals surface area (Å²) in [5, 5.41) is 1.18. The number of benzene rings is 2. The lowest BCUT2D eigenvalue weighted by molar-refractivity contribution is 0.411. The van der Waals surface area contributed by atoms with E-state index >= 15 is 0 Å². The highest BCUT2D eigenvalue weighted by atomic mass is 32.2. The summed E-state index contributed by atoms with van der Waals surface area (Å²) in [7, 11) is 1.67. The summed E-state index contributed by atoms with van der Waals surface area (Å²) in [6, 6.07) is 17.3. The first-order chi connectivity index (χ1) is 14.1. The number of thioether (sulfide) groups is 1. The molecule has 4 aromatic rings. The maximum absolute atomic E-state index is 13.3. The third-order valence-corrected chi connectivity index (χ3v) is 5.66. The zero-order chi connectivity index (χ0) is 20.4. The number of pyridine rings is 1. The number of rotatable bonds is 5. The molecule has 0 aliphatic heterocycles. The largest absolute Gasteiger partial charge is 0.496 e. The van der Waals surface area contributed by atoms with Crippen molar-refractivity contribution in [1.29, 1.82) is 0 Å². The van der Waals surface area contributed by atoms with Gasteiger partial charge in [-0.15, -0.1) is 0 Å². The van der Waals surface area contributed by atoms with Gasteiger partial charge in [-0.3, -0.25) is 4.79 Å². The minimum Gasteiger partial charge on any atom is -0.496 e. The third kappa shape index (κ3) is 3.89. The molecule has 0 aliphatic carbocycles. The minimum atomic E-state index is -0.118. The van der Waals surface area contributed by atoms with Crippen molar-refractivity contribution >= 4 is 22.7 Å². The maximum atomic E-state index is 13.3. The normalized spacial score (nSPS) is 11.0. The highest BCUT2D eigenvalue weighted by molar-refractivity contribution is 7.98. The van der Waals surface area contributed by atoms with Crippen molar-refractivity contribution in [1.82, 2.24) is 14.5 Å². The fraction of sp³-hybridized carbons (Fsp3) is 0.174. The van der Waals surface area contributed by atoms with Gasteiger partial charge in [0.15, 0.2) is 5.16 Å². The lowest BCUT2D eigenvalue weighted by atomic mass is 10.1. The van der Waals surface area contributed by atoms with Crippen LogP contribution in [0.15, 0.2) is 70.7 Å². The molecule has 0 saturated heterocycles. The standard InChI is InChI=1S/C23H21N3O2S/c1-15-8-9-20(28-3)17(12-15)14-29-23-25-19-7-5-4-6-18(19)22(27)26(23)21-13-16(2)10-11-24-21/h4-13H,14H2,1-3H3. The predicted molar refractivity (Wildman–Crippen MR) is 117 cm³/mol. The van der Waals surface area contributed by atoms with Crippen molar-refractivity contribution in [3.8, 4) is 11.6 Å². The minimum absolute atomic E-state index is 0.118. The zero-order valence-corrected chi connectivity index (χ0v) is 17.4. The van der Waals surface area contributed by atoms with E-state index in [1.165, 1.54) is 11.8 Å². The van der Waals surface area contributed by atoms with Crippen LogP contribution in [0.4, 0.5) is 0 Å². The van der Waals surface area contributed by atoms with Gasteiger partial charge in [-0.1, -0.05) is 41.6 Å². The molecule has 0 spiro atoms. The quantitative estimate of drug-likeness (QED) is 0.357. The SMILES string of the molecule is COc1ccc(C)cc1CSc1nc2ccccc2c(=O)n1-c1cc(C)ccn1. The second kappa shape index (κ2) is 8.09. The first kappa shape index (κ1) is 19.2. The first-order valence-corrected chi connectivity index (χ1v) is 10.3. The van der Waals surface area contributed by atoms with E-state index in [4.69, 9.17) is 9.72 Å². The van der Waals surface area contributed by atoms with Gasteiger partial charge >= 0.3 is 0 Å². The van der Waals surface area contributed by atoms with Crippen molar-refractivity contribution in [3.05, 3.63) is 87.8 Å². The Labute approximate surface area is 173 Å². The van der Waals surface area contributed by atoms with E-state index in [1.807, 2.05) is 49.4 Å². The molecule has 0 atom stereocenters. The molecule has 0 saturated carbocycles. The maximum Gasteiger partial charge on any atom is 0.267 e. The Morgan fingerprint density at radius 2 is 1.83 bits per heavy atom. The Kier molecular flexibility index (Phi) is 5.36. The Morgan fingerprint density at radius 3 is 2.62 bits per heavy atom. The Bertz CT molecular complexity index is 1250. The van der Waals surface area contributed by atoms with Gasteiger partial charge in [-0.2, -0.15) is 0 Å². The number of nitrogens with zero attached hydrogens (tertiary/aromatic N) is 3. The molecule has 2 aromatic heterocycles. The predicted octanol–water partition coefficient (Wildman–Crippen LogP) is 4.70. The second-order valence-electron chi connectivity index (χ2n) is 6.85. The van der Waals surface area contributed by atoms with Crippen molar-refractivity contribution in [3.63, 3.8) is 0 Å². The van der Waals surface area contributed by atoms with Gasteiger partial charge in [0.05, 0.1) is 18.0 Å². The Morgan fingerprint density at radius 1 is 1.03 bits per heavy atom. The van der Waals surface area contributed by atoms with Crippen LogP contribution in [0.25, 0.3) is 16.7 Å². The summed E-state index contributed by atoms with van der Waals surface area (Å²) >= 11 is 1.50. The van der Waals surface area contributed by atoms with E-state index in [0.29, 0.717) is 27.6 Å². The number of aromatic nitrogens is 3. The fourth-order valence-corrected chi connectivity index (χ4v) is 4.19. The topological polar surface area (TPSA) is 57.0 Å². The van der Waals surface area contributed by atoms with E-state index < -0.39 is 0 Å². The van der Waals surface area contributed by atoms with Gasteiger partial charge in [0.25, 0.3) is 5.56 Å². The summed E-state index contributed by atoms with van der Waals surface area (Å²) in [6.45, 7) is 4.03. The van der Waals surface area contributed by atoms with Gasteiger partial charge in [-0.05, 0) is 49.7 Å². The fourth-order valence-electron chi connectivity index (χ4n) is 3.22. The van der Waals surface area contributed by atoms with Crippen LogP contribution in [0, 0.1) is 13.8 Å². The smallest absolute Gasteiger partial charge is 0.267 e. The lowest BCUT2D eigenvalue weighted by Gasteiger charge is -2.14. The zero-order valence-electron chi connectivity index (χ0n) is 16.5. The number of hydrogen-bond acceptors (Lipinski definition) is 5. The molecule has 0 bridgehead atoms. The number of methoxy groups -OCH3 is 1. The average molecular weight is 404 g/mol. The van der Waals surface area contributed by atoms with Crippen LogP contribution in [0.5, 0.6) is 5.75 Å². The summed E-state index contributed by atoms with van der Waals surface area (Å²) in [5.41, 5.74) is 3.81. The van der Waals surface area contributed by atoms with Gasteiger partial charge in [0.2, 0.25) is 0 Å². The van der Waals surface area contributed by atoms with Crippen molar-refractivity contribution in [2.24, 2.45) is 0 Å². The van der Waals surface area contributed by atoms with Crippen LogP contribution in [-0.2, 0) is 5.75 Å². The van der Waals surface area contributed by atoms with Crippen molar-refractivity contribution in [2.75, 3.05) is 7.11 Å². The van der Waals surface area contributed by atoms with Gasteiger partial charge in [0, 0.05) is 17.5 Å². The number of ether oxygens (including phenoxy) is 1. The third-order valence-electron chi connectivity index (χ3n) is 4.67. The molecule has 0 amide bonds. The summed E-state index contributed by atoms with van der Waals surface area (Å²) in [6.07, 6.45) is 1.71. The molecule has 146 valence electrons. The molecule has 0 aliphatic rings. The molecule has 2 aromatic carbocycles. The van der Waals surface area contributed by atoms with E-state index in [1.54, 1.807) is 23.9 Å². The van der Waals surface area contributed by atoms with E-state index in [9.17, 15) is 4.79 Å². The Hall–Kier alpha value is -3.12. The highest BCUT2D eigenvalue weighted by Crippen LogP contribution is 2.29. The second-order valence-corrected chi connectivity index (χ2v) is 7.79. The van der Waals surface area contributed by atoms with Gasteiger partial charge in [-0.25, -0.2) is 14.5 Å². The molecule has 4 rings (SSSR count). The number of aryl methyl sites for hydroxylation is 2. The molecule has 0 N–H and O–H groups in total. The van der Waals surface area contributed by atoms with Crippen molar-refractivity contribution in [2.45, 2.75) is 24.8 Å². The average Bonchev–Trinajstić information content (AvgIpc) is 2.72. The Balaban J connectivity index is 1.84. The molecule has 29 heavy (non-hydrogen) atoms. The molecule has 6 heteroatoms. The molecular formula is C23H21N3O2S. The van der Waals surface area contributed by atoms with E-state index in [0.717, 1.165) is 22.4 Å². The van der Waals surface area contributed by atoms with Crippen LogP contribution in [0.3, 0.4) is 0 Å². The van der Waals surface area contributed by atoms with Crippen LogP contribution >= 0.6 is 11.8 Å². The van der Waals surface area contributed by atoms with E-state index in [-0.39, 0.29) is 5.56 Å². The molecule has 2 heterocycles. The van der Waals surface area contributed by atoms with Crippen LogP contribution in [0.2, 0.25) is 0 Å². The van der Waals surface area contributed by atoms with E-state index in [2.05, 4.69) is 18.0 Å². The monoisotopic (exact) mass is 403 g/mol. The molecule has 0 radical (unpaired) electrons. The summed E-state index contributed by atoms with van der Waals surface area (Å²) < 4.78 is 7.10. The molecule has 0 fully saturated rings. The number of fused-ring (bicyclic) bond motifs is 1. The molecular weight excluding hydrogens is 382 g/mol. The van der Waals surface area contributed by atoms with Gasteiger partial charge in [0.1, 0.15) is 11.6 Å². The van der Waals surface area contributed by atoms with Crippen LogP contribution in [0.1, 0.15) is 16.7 Å². The van der Waals surface area contributed by atoms with Crippen LogP contribution in [-0.4, -0.2) is 21.6 Å². The van der Waals surface area contributed by atoms with Gasteiger partial charge < -0.3 is 4.74 Å². The van der Waals surface area contributed by atoms with Crippen molar-refractivity contribution < 1.29 is 4.74 Å². The molecule has 5 nitrogen and oxygen atoms in total. The summed E-state index contributed by atoms with van der Waals surface area (Å²) in [4.78, 5) is 22.5. The summed E-state index contributed by atoms with van der Waals surface area (Å²) in [5.74, 6) is 2.03. The lowest BCUT2D eigenvalue weighted by Crippen LogP contribution is -2.22. The molecule has 0 unspecified atom stereocenters. The first-order valence-electron chi connectivity index (χ1n) is 9.28. The highest BCUT2D eigenvalue weighted by Gasteiger charge is 2.15.